The van der Waals surface area contributed by atoms with E-state index < -0.39 is 45.6 Å². The normalized spacial score (nSPS) is 24.1. The fourth-order valence-corrected chi connectivity index (χ4v) is 3.83. The number of H-pyrrole nitrogens is 1. The first-order valence-corrected chi connectivity index (χ1v) is 10.8. The van der Waals surface area contributed by atoms with Crippen molar-refractivity contribution >= 4 is 26.9 Å². The highest BCUT2D eigenvalue weighted by molar-refractivity contribution is 7.90. The Labute approximate surface area is 159 Å². The van der Waals surface area contributed by atoms with E-state index in [1.807, 2.05) is 0 Å². The zero-order valence-electron chi connectivity index (χ0n) is 15.4. The van der Waals surface area contributed by atoms with Gasteiger partial charge >= 0.3 is 5.69 Å². The molecule has 0 aliphatic carbocycles. The second-order valence-electron chi connectivity index (χ2n) is 6.90. The summed E-state index contributed by atoms with van der Waals surface area (Å²) in [5, 5.41) is 20.4. The number of imidazole rings is 1. The molecule has 28 heavy (non-hydrogen) atoms. The van der Waals surface area contributed by atoms with Crippen molar-refractivity contribution in [3.8, 4) is 0 Å². The van der Waals surface area contributed by atoms with Crippen LogP contribution in [0.25, 0.3) is 11.2 Å². The summed E-state index contributed by atoms with van der Waals surface area (Å²) >= 11 is 0. The number of hydrogen-bond acceptors (Lipinski definition) is 9. The lowest BCUT2D eigenvalue weighted by Crippen LogP contribution is -2.33. The molecule has 3 rings (SSSR count). The molecule has 1 aliphatic rings. The third-order valence-corrected chi connectivity index (χ3v) is 5.66. The van der Waals surface area contributed by atoms with Crippen molar-refractivity contribution in [3.05, 3.63) is 20.8 Å². The first-order valence-electron chi connectivity index (χ1n) is 8.73. The molecule has 156 valence electrons. The van der Waals surface area contributed by atoms with E-state index in [4.69, 9.17) is 10.5 Å². The van der Waals surface area contributed by atoms with E-state index >= 15 is 0 Å². The van der Waals surface area contributed by atoms with Gasteiger partial charge in [-0.1, -0.05) is 6.92 Å². The molecule has 1 saturated heterocycles. The van der Waals surface area contributed by atoms with Gasteiger partial charge in [0.1, 0.15) is 15.9 Å². The number of hydrogen-bond donors (Lipinski definition) is 4. The van der Waals surface area contributed by atoms with E-state index in [1.54, 1.807) is 6.92 Å². The molecular formula is C15H23N5O7S. The van der Waals surface area contributed by atoms with E-state index in [0.717, 1.165) is 15.4 Å². The molecule has 0 amide bonds. The molecular weight excluding hydrogens is 394 g/mol. The number of aliphatic hydroxyl groups is 2. The number of ether oxygens (including phenoxy) is 1. The number of aromatic amines is 1. The van der Waals surface area contributed by atoms with Gasteiger partial charge < -0.3 is 20.7 Å². The summed E-state index contributed by atoms with van der Waals surface area (Å²) in [4.78, 5) is 31.6. The summed E-state index contributed by atoms with van der Waals surface area (Å²) in [5.41, 5.74) is 3.81. The average molecular weight is 417 g/mol. The van der Waals surface area contributed by atoms with Crippen LogP contribution in [0.1, 0.15) is 26.0 Å². The van der Waals surface area contributed by atoms with Crippen LogP contribution in [0, 0.1) is 0 Å². The van der Waals surface area contributed by atoms with E-state index in [-0.39, 0.29) is 35.8 Å². The minimum absolute atomic E-state index is 0.0841. The molecule has 0 spiro atoms. The molecule has 2 aromatic rings. The molecule has 1 aliphatic heterocycles. The number of aromatic nitrogens is 4. The van der Waals surface area contributed by atoms with Crippen LogP contribution in [0.4, 0.5) is 5.95 Å². The van der Waals surface area contributed by atoms with Crippen molar-refractivity contribution in [2.24, 2.45) is 0 Å². The minimum atomic E-state index is -3.41. The Balaban J connectivity index is 2.16. The molecule has 0 unspecified atom stereocenters. The van der Waals surface area contributed by atoms with Crippen molar-refractivity contribution in [3.63, 3.8) is 0 Å². The number of fused-ring (bicyclic) bond motifs is 1. The zero-order chi connectivity index (χ0) is 20.8. The van der Waals surface area contributed by atoms with E-state index in [9.17, 15) is 28.2 Å². The third-order valence-electron chi connectivity index (χ3n) is 4.73. The number of sulfone groups is 1. The van der Waals surface area contributed by atoms with Crippen molar-refractivity contribution in [1.82, 2.24) is 19.1 Å². The van der Waals surface area contributed by atoms with Crippen LogP contribution in [0.15, 0.2) is 9.59 Å². The van der Waals surface area contributed by atoms with Crippen LogP contribution in [0.2, 0.25) is 0 Å². The molecule has 3 heterocycles. The van der Waals surface area contributed by atoms with Crippen LogP contribution in [-0.4, -0.2) is 68.1 Å². The van der Waals surface area contributed by atoms with E-state index in [0.29, 0.717) is 6.42 Å². The van der Waals surface area contributed by atoms with E-state index in [1.165, 1.54) is 0 Å². The second kappa shape index (κ2) is 7.31. The quantitative estimate of drug-likeness (QED) is 0.410. The van der Waals surface area contributed by atoms with Gasteiger partial charge in [-0.3, -0.25) is 14.3 Å². The first kappa shape index (κ1) is 20.5. The number of aryl methyl sites for hydroxylation is 1. The SMILES string of the molecule is CC[C@H](O)[C@@H]1C[C@@H](O)[C@H](n2c(=O)n(CCS(C)(=O)=O)c3c(=O)[nH]c(N)nc32)O1. The van der Waals surface area contributed by atoms with Crippen molar-refractivity contribution in [2.75, 3.05) is 17.7 Å². The Morgan fingerprint density at radius 3 is 2.71 bits per heavy atom. The predicted octanol–water partition coefficient (Wildman–Crippen LogP) is -2.07. The summed E-state index contributed by atoms with van der Waals surface area (Å²) in [6, 6.07) is 0. The lowest BCUT2D eigenvalue weighted by atomic mass is 10.1. The number of rotatable bonds is 6. The maximum absolute atomic E-state index is 13.0. The molecule has 2 aromatic heterocycles. The molecule has 0 aromatic carbocycles. The van der Waals surface area contributed by atoms with Crippen LogP contribution in [0.5, 0.6) is 0 Å². The molecule has 0 saturated carbocycles. The maximum atomic E-state index is 13.0. The zero-order valence-corrected chi connectivity index (χ0v) is 16.2. The average Bonchev–Trinajstić information content (AvgIpc) is 3.09. The van der Waals surface area contributed by atoms with Crippen molar-refractivity contribution in [2.45, 2.75) is 50.8 Å². The summed E-state index contributed by atoms with van der Waals surface area (Å²) in [5.74, 6) is -0.620. The largest absolute Gasteiger partial charge is 0.390 e. The Morgan fingerprint density at radius 1 is 1.43 bits per heavy atom. The van der Waals surface area contributed by atoms with Crippen LogP contribution in [-0.2, 0) is 21.1 Å². The predicted molar refractivity (Wildman–Crippen MR) is 99.6 cm³/mol. The topological polar surface area (TPSA) is 183 Å². The Bertz CT molecular complexity index is 1100. The van der Waals surface area contributed by atoms with Gasteiger partial charge in [0.2, 0.25) is 5.95 Å². The highest BCUT2D eigenvalue weighted by Crippen LogP contribution is 2.32. The molecule has 1 fully saturated rings. The van der Waals surface area contributed by atoms with Gasteiger partial charge in [0.15, 0.2) is 17.4 Å². The van der Waals surface area contributed by atoms with E-state index in [2.05, 4.69) is 9.97 Å². The summed E-state index contributed by atoms with van der Waals surface area (Å²) in [7, 11) is -3.41. The lowest BCUT2D eigenvalue weighted by molar-refractivity contribution is -0.0759. The second-order valence-corrected chi connectivity index (χ2v) is 9.16. The molecule has 5 N–H and O–H groups in total. The highest BCUT2D eigenvalue weighted by Gasteiger charge is 2.40. The van der Waals surface area contributed by atoms with Gasteiger partial charge in [-0.25, -0.2) is 17.8 Å². The van der Waals surface area contributed by atoms with Crippen LogP contribution >= 0.6 is 0 Å². The number of nitrogen functional groups attached to an aromatic ring is 1. The molecule has 0 radical (unpaired) electrons. The van der Waals surface area contributed by atoms with Crippen molar-refractivity contribution < 1.29 is 23.4 Å². The first-order chi connectivity index (χ1) is 13.0. The summed E-state index contributed by atoms with van der Waals surface area (Å²) in [6.07, 6.45) is -2.39. The van der Waals surface area contributed by atoms with Gasteiger partial charge in [-0.2, -0.15) is 4.98 Å². The fourth-order valence-electron chi connectivity index (χ4n) is 3.32. The Kier molecular flexibility index (Phi) is 5.36. The molecule has 13 heteroatoms. The monoisotopic (exact) mass is 417 g/mol. The number of aliphatic hydroxyl groups excluding tert-OH is 2. The minimum Gasteiger partial charge on any atom is -0.390 e. The van der Waals surface area contributed by atoms with Gasteiger partial charge in [0, 0.05) is 19.2 Å². The van der Waals surface area contributed by atoms with Crippen molar-refractivity contribution in [1.29, 1.82) is 0 Å². The fraction of sp³-hybridized carbons (Fsp3) is 0.667. The summed E-state index contributed by atoms with van der Waals surface area (Å²) in [6.45, 7) is 1.47. The van der Waals surface area contributed by atoms with Gasteiger partial charge in [-0.05, 0) is 6.42 Å². The van der Waals surface area contributed by atoms with Gasteiger partial charge in [0.05, 0.1) is 18.0 Å². The lowest BCUT2D eigenvalue weighted by Gasteiger charge is -2.18. The molecule has 4 atom stereocenters. The number of nitrogens with one attached hydrogen (secondary N) is 1. The third kappa shape index (κ3) is 3.70. The van der Waals surface area contributed by atoms with Crippen LogP contribution in [0.3, 0.4) is 0 Å². The Hall–Kier alpha value is -2.22. The number of nitrogens with two attached hydrogens (primary N) is 1. The molecule has 0 bridgehead atoms. The molecule has 12 nitrogen and oxygen atoms in total. The van der Waals surface area contributed by atoms with Gasteiger partial charge in [0.25, 0.3) is 5.56 Å². The van der Waals surface area contributed by atoms with Gasteiger partial charge in [-0.15, -0.1) is 0 Å². The maximum Gasteiger partial charge on any atom is 0.332 e. The summed E-state index contributed by atoms with van der Waals surface area (Å²) < 4.78 is 30.7. The highest BCUT2D eigenvalue weighted by atomic mass is 32.2. The number of anilines is 1. The Morgan fingerprint density at radius 2 is 2.11 bits per heavy atom. The number of nitrogens with zero attached hydrogens (tertiary/aromatic N) is 3. The standard InChI is InChI=1S/C15H23N5O7S/c1-3-7(21)9-6-8(22)13(27-9)20-11-10(12(23)18-14(16)17-11)19(15(20)24)4-5-28(2,25)26/h7-9,13,21-22H,3-6H2,1-2H3,(H3,16,17,18,23)/t7-,8+,9-,13+/m0/s1. The van der Waals surface area contributed by atoms with Crippen LogP contribution < -0.4 is 17.0 Å². The smallest absolute Gasteiger partial charge is 0.332 e.